The van der Waals surface area contributed by atoms with Crippen LogP contribution in [0.4, 0.5) is 4.39 Å². The fourth-order valence-electron chi connectivity index (χ4n) is 3.15. The molecule has 0 aliphatic carbocycles. The van der Waals surface area contributed by atoms with Crippen molar-refractivity contribution >= 4 is 11.8 Å². The minimum Gasteiger partial charge on any atom is -0.352 e. The average Bonchev–Trinajstić information content (AvgIpc) is 2.61. The molecule has 0 bridgehead atoms. The summed E-state index contributed by atoms with van der Waals surface area (Å²) in [5.74, 6) is -0.621. The van der Waals surface area contributed by atoms with Crippen molar-refractivity contribution in [1.29, 1.82) is 0 Å². The van der Waals surface area contributed by atoms with Crippen molar-refractivity contribution in [2.24, 2.45) is 11.7 Å². The maximum absolute atomic E-state index is 13.7. The lowest BCUT2D eigenvalue weighted by Gasteiger charge is -2.38. The lowest BCUT2D eigenvalue weighted by Crippen LogP contribution is -2.56. The summed E-state index contributed by atoms with van der Waals surface area (Å²) >= 11 is 0. The maximum atomic E-state index is 13.7. The van der Waals surface area contributed by atoms with Crippen LogP contribution in [0.5, 0.6) is 0 Å². The molecule has 1 fully saturated rings. The van der Waals surface area contributed by atoms with Gasteiger partial charge in [-0.3, -0.25) is 9.59 Å². The van der Waals surface area contributed by atoms with Crippen molar-refractivity contribution in [3.05, 3.63) is 71.5 Å². The second-order valence-electron chi connectivity index (χ2n) is 6.96. The van der Waals surface area contributed by atoms with Crippen LogP contribution in [0.15, 0.2) is 54.6 Å². The highest BCUT2D eigenvalue weighted by Crippen LogP contribution is 2.18. The van der Waals surface area contributed by atoms with E-state index in [-0.39, 0.29) is 30.0 Å². The van der Waals surface area contributed by atoms with E-state index < -0.39 is 6.04 Å². The minimum atomic E-state index is -0.444. The first-order valence-corrected chi connectivity index (χ1v) is 9.11. The third-order valence-corrected chi connectivity index (χ3v) is 4.79. The van der Waals surface area contributed by atoms with Gasteiger partial charge in [-0.1, -0.05) is 48.5 Å². The molecule has 3 rings (SSSR count). The largest absolute Gasteiger partial charge is 0.352 e. The number of rotatable bonds is 7. The molecule has 27 heavy (non-hydrogen) atoms. The molecule has 2 aromatic rings. The number of hydrogen-bond acceptors (Lipinski definition) is 3. The Bertz CT molecular complexity index is 791. The summed E-state index contributed by atoms with van der Waals surface area (Å²) in [4.78, 5) is 26.1. The summed E-state index contributed by atoms with van der Waals surface area (Å²) in [5.41, 5.74) is 7.56. The molecule has 142 valence electrons. The third kappa shape index (κ3) is 5.14. The van der Waals surface area contributed by atoms with Crippen molar-refractivity contribution in [3.63, 3.8) is 0 Å². The van der Waals surface area contributed by atoms with Crippen LogP contribution in [0.3, 0.4) is 0 Å². The van der Waals surface area contributed by atoms with Gasteiger partial charge in [-0.25, -0.2) is 4.39 Å². The number of halogens is 1. The summed E-state index contributed by atoms with van der Waals surface area (Å²) in [6.45, 7) is 1.30. The van der Waals surface area contributed by atoms with Gasteiger partial charge in [0.15, 0.2) is 0 Å². The molecule has 3 N–H and O–H groups in total. The highest BCUT2D eigenvalue weighted by Gasteiger charge is 2.35. The van der Waals surface area contributed by atoms with Crippen LogP contribution in [-0.2, 0) is 22.6 Å². The number of nitrogens with two attached hydrogens (primary N) is 1. The summed E-state index contributed by atoms with van der Waals surface area (Å²) in [7, 11) is 0. The standard InChI is InChI=1S/C21H24FN3O2/c22-19-9-5-4-8-16(19)10-18(23)11-20(26)25-13-17(14-25)21(27)24-12-15-6-2-1-3-7-15/h1-9,17-18H,10-14,23H2,(H,24,27)/t18-/m1/s1. The predicted molar refractivity (Wildman–Crippen MR) is 101 cm³/mol. The zero-order valence-electron chi connectivity index (χ0n) is 15.1. The Hall–Kier alpha value is -2.73. The van der Waals surface area contributed by atoms with Gasteiger partial charge in [-0.2, -0.15) is 0 Å². The number of nitrogens with zero attached hydrogens (tertiary/aromatic N) is 1. The lowest BCUT2D eigenvalue weighted by atomic mass is 9.96. The van der Waals surface area contributed by atoms with Crippen LogP contribution in [0.25, 0.3) is 0 Å². The molecule has 2 amide bonds. The molecule has 0 spiro atoms. The van der Waals surface area contributed by atoms with E-state index in [2.05, 4.69) is 5.32 Å². The number of carbonyl (C=O) groups is 2. The van der Waals surface area contributed by atoms with Crippen molar-refractivity contribution in [1.82, 2.24) is 10.2 Å². The second-order valence-corrected chi connectivity index (χ2v) is 6.96. The number of carbonyl (C=O) groups excluding carboxylic acids is 2. The molecular weight excluding hydrogens is 345 g/mol. The van der Waals surface area contributed by atoms with E-state index in [9.17, 15) is 14.0 Å². The maximum Gasteiger partial charge on any atom is 0.226 e. The van der Waals surface area contributed by atoms with E-state index in [0.717, 1.165) is 5.56 Å². The van der Waals surface area contributed by atoms with E-state index in [0.29, 0.717) is 31.6 Å². The highest BCUT2D eigenvalue weighted by molar-refractivity contribution is 5.84. The molecule has 5 nitrogen and oxygen atoms in total. The van der Waals surface area contributed by atoms with Crippen molar-refractivity contribution in [3.8, 4) is 0 Å². The Morgan fingerprint density at radius 3 is 2.48 bits per heavy atom. The molecule has 1 aliphatic heterocycles. The van der Waals surface area contributed by atoms with Crippen LogP contribution in [0, 0.1) is 11.7 Å². The van der Waals surface area contributed by atoms with Gasteiger partial charge in [0, 0.05) is 32.1 Å². The predicted octanol–water partition coefficient (Wildman–Crippen LogP) is 1.86. The van der Waals surface area contributed by atoms with E-state index in [1.54, 1.807) is 23.1 Å². The molecule has 1 atom stereocenters. The first kappa shape index (κ1) is 19.0. The fraction of sp³-hybridized carbons (Fsp3) is 0.333. The first-order chi connectivity index (χ1) is 13.0. The molecule has 0 aromatic heterocycles. The van der Waals surface area contributed by atoms with Crippen molar-refractivity contribution in [2.45, 2.75) is 25.4 Å². The summed E-state index contributed by atoms with van der Waals surface area (Å²) in [5, 5.41) is 2.90. The summed E-state index contributed by atoms with van der Waals surface area (Å²) in [6, 6.07) is 15.7. The van der Waals surface area contributed by atoms with E-state index in [1.165, 1.54) is 6.07 Å². The Morgan fingerprint density at radius 2 is 1.78 bits per heavy atom. The van der Waals surface area contributed by atoms with Crippen LogP contribution < -0.4 is 11.1 Å². The fourth-order valence-corrected chi connectivity index (χ4v) is 3.15. The number of benzene rings is 2. The zero-order chi connectivity index (χ0) is 19.2. The quantitative estimate of drug-likeness (QED) is 0.782. The van der Waals surface area contributed by atoms with Crippen LogP contribution in [-0.4, -0.2) is 35.8 Å². The second kappa shape index (κ2) is 8.77. The van der Waals surface area contributed by atoms with E-state index in [4.69, 9.17) is 5.73 Å². The summed E-state index contributed by atoms with van der Waals surface area (Å²) in [6.07, 6.45) is 0.458. The van der Waals surface area contributed by atoms with Gasteiger partial charge in [0.05, 0.1) is 5.92 Å². The SMILES string of the molecule is N[C@@H](CC(=O)N1CC(C(=O)NCc2ccccc2)C1)Cc1ccccc1F. The molecule has 0 saturated carbocycles. The molecule has 2 aromatic carbocycles. The Morgan fingerprint density at radius 1 is 1.11 bits per heavy atom. The smallest absolute Gasteiger partial charge is 0.226 e. The van der Waals surface area contributed by atoms with Gasteiger partial charge in [0.2, 0.25) is 11.8 Å². The minimum absolute atomic E-state index is 0.0430. The third-order valence-electron chi connectivity index (χ3n) is 4.79. The van der Waals surface area contributed by atoms with Gasteiger partial charge in [-0.05, 0) is 23.6 Å². The average molecular weight is 369 g/mol. The topological polar surface area (TPSA) is 75.4 Å². The molecule has 1 aliphatic rings. The monoisotopic (exact) mass is 369 g/mol. The Kier molecular flexibility index (Phi) is 6.19. The Balaban J connectivity index is 1.39. The summed E-state index contributed by atoms with van der Waals surface area (Å²) < 4.78 is 13.7. The van der Waals surface area contributed by atoms with Gasteiger partial charge < -0.3 is 16.0 Å². The molecule has 0 radical (unpaired) electrons. The van der Waals surface area contributed by atoms with E-state index >= 15 is 0 Å². The van der Waals surface area contributed by atoms with Crippen LogP contribution in [0.2, 0.25) is 0 Å². The number of hydrogen-bond donors (Lipinski definition) is 2. The number of nitrogens with one attached hydrogen (secondary N) is 1. The lowest BCUT2D eigenvalue weighted by molar-refractivity contribution is -0.143. The zero-order valence-corrected chi connectivity index (χ0v) is 15.1. The van der Waals surface area contributed by atoms with Gasteiger partial charge in [-0.15, -0.1) is 0 Å². The highest BCUT2D eigenvalue weighted by atomic mass is 19.1. The van der Waals surface area contributed by atoms with Crippen LogP contribution >= 0.6 is 0 Å². The molecule has 6 heteroatoms. The number of amides is 2. The van der Waals surface area contributed by atoms with E-state index in [1.807, 2.05) is 30.3 Å². The van der Waals surface area contributed by atoms with Gasteiger partial charge in [0.25, 0.3) is 0 Å². The number of likely N-dealkylation sites (tertiary alicyclic amines) is 1. The van der Waals surface area contributed by atoms with Gasteiger partial charge >= 0.3 is 0 Å². The molecule has 1 saturated heterocycles. The molecular formula is C21H24FN3O2. The van der Waals surface area contributed by atoms with Crippen molar-refractivity contribution in [2.75, 3.05) is 13.1 Å². The normalized spacial score (nSPS) is 15.1. The first-order valence-electron chi connectivity index (χ1n) is 9.11. The van der Waals surface area contributed by atoms with Crippen LogP contribution in [0.1, 0.15) is 17.5 Å². The Labute approximate surface area is 158 Å². The van der Waals surface area contributed by atoms with Crippen molar-refractivity contribution < 1.29 is 14.0 Å². The van der Waals surface area contributed by atoms with Gasteiger partial charge in [0.1, 0.15) is 5.82 Å². The molecule has 1 heterocycles. The molecule has 0 unspecified atom stereocenters.